The molecule has 0 aromatic carbocycles. The van der Waals surface area contributed by atoms with Crippen LogP contribution in [0.15, 0.2) is 34.1 Å². The number of ether oxygens (including phenoxy) is 1. The Bertz CT molecular complexity index is 1370. The maximum Gasteiger partial charge on any atom is 0.334 e. The van der Waals surface area contributed by atoms with Crippen molar-refractivity contribution in [1.82, 2.24) is 19.9 Å². The van der Waals surface area contributed by atoms with E-state index in [1.54, 1.807) is 20.8 Å². The molecule has 0 aliphatic carbocycles. The molecule has 2 rings (SSSR count). The molecule has 0 atom stereocenters. The third-order valence-electron chi connectivity index (χ3n) is 4.19. The number of hydrogen-bond donors (Lipinski definition) is 3. The number of esters is 1. The topological polar surface area (TPSA) is 241 Å². The number of pyridine rings is 2. The van der Waals surface area contributed by atoms with Crippen molar-refractivity contribution in [1.29, 1.82) is 0 Å². The van der Waals surface area contributed by atoms with Crippen LogP contribution in [0.25, 0.3) is 0 Å². The normalized spacial score (nSPS) is 9.90. The lowest BCUT2D eigenvalue weighted by Crippen LogP contribution is -2.35. The molecule has 2 aromatic rings. The van der Waals surface area contributed by atoms with Gasteiger partial charge in [-0.15, -0.1) is 24.8 Å². The number of carbonyl (C=O) groups is 3. The van der Waals surface area contributed by atoms with Crippen molar-refractivity contribution in [2.45, 2.75) is 26.4 Å². The lowest BCUT2D eigenvalue weighted by molar-refractivity contribution is -0.386. The summed E-state index contributed by atoms with van der Waals surface area (Å²) in [5, 5.41) is 23.5. The van der Waals surface area contributed by atoms with E-state index in [2.05, 4.69) is 5.32 Å². The first-order valence-electron chi connectivity index (χ1n) is 10.2. The minimum absolute atomic E-state index is 0. The smallest absolute Gasteiger partial charge is 0.334 e. The molecule has 0 saturated carbocycles. The monoisotopic (exact) mass is 595 g/mol. The van der Waals surface area contributed by atoms with Crippen LogP contribution in [0.1, 0.15) is 41.5 Å². The Balaban J connectivity index is 0. The average Bonchev–Trinajstić information content (AvgIpc) is 2.79. The van der Waals surface area contributed by atoms with Crippen molar-refractivity contribution in [3.8, 4) is 0 Å². The maximum atomic E-state index is 11.9. The van der Waals surface area contributed by atoms with Gasteiger partial charge in [-0.25, -0.2) is 5.84 Å². The van der Waals surface area contributed by atoms with Crippen molar-refractivity contribution in [3.05, 3.63) is 76.6 Å². The Hall–Kier alpha value is -4.35. The van der Waals surface area contributed by atoms with Crippen LogP contribution >= 0.6 is 24.8 Å². The van der Waals surface area contributed by atoms with Crippen molar-refractivity contribution in [2.75, 3.05) is 6.54 Å². The molecule has 0 fully saturated rings. The number of nitrogens with one attached hydrogen (secondary N) is 2. The van der Waals surface area contributed by atoms with Gasteiger partial charge in [-0.1, -0.05) is 0 Å². The summed E-state index contributed by atoms with van der Waals surface area (Å²) >= 11 is 0. The van der Waals surface area contributed by atoms with E-state index in [-0.39, 0.29) is 42.5 Å². The molecular weight excluding hydrogens is 569 g/mol. The van der Waals surface area contributed by atoms with Crippen molar-refractivity contribution < 1.29 is 29.0 Å². The van der Waals surface area contributed by atoms with E-state index in [1.165, 1.54) is 14.1 Å². The SMILES string of the molecule is Cl.Cl.Cn1cc(C(=O)NCC(=O)OC(C)(C)C)cc([N+](=O)[O-])c1=O.Cn1cc(C(=O)NN)cc([N+](=O)[O-])c1=O. The van der Waals surface area contributed by atoms with E-state index in [0.29, 0.717) is 0 Å². The fourth-order valence-corrected chi connectivity index (χ4v) is 2.61. The lowest BCUT2D eigenvalue weighted by Gasteiger charge is -2.19. The zero-order valence-electron chi connectivity index (χ0n) is 21.3. The molecule has 2 amide bonds. The highest BCUT2D eigenvalue weighted by molar-refractivity contribution is 5.96. The third-order valence-corrected chi connectivity index (χ3v) is 4.19. The molecule has 0 spiro atoms. The van der Waals surface area contributed by atoms with Crippen LogP contribution in [0.5, 0.6) is 0 Å². The van der Waals surface area contributed by atoms with Crippen LogP contribution in [0.4, 0.5) is 11.4 Å². The van der Waals surface area contributed by atoms with E-state index in [1.807, 2.05) is 5.43 Å². The van der Waals surface area contributed by atoms with Crippen molar-refractivity contribution in [2.24, 2.45) is 19.9 Å². The average molecular weight is 596 g/mol. The first-order valence-corrected chi connectivity index (χ1v) is 10.2. The maximum absolute atomic E-state index is 11.9. The molecular formula is C20H27Cl2N7O10. The second-order valence-corrected chi connectivity index (χ2v) is 8.32. The largest absolute Gasteiger partial charge is 0.459 e. The Labute approximate surface area is 232 Å². The fourth-order valence-electron chi connectivity index (χ4n) is 2.61. The summed E-state index contributed by atoms with van der Waals surface area (Å²) < 4.78 is 6.89. The number of nitro groups is 2. The van der Waals surface area contributed by atoms with Gasteiger partial charge in [-0.2, -0.15) is 0 Å². The summed E-state index contributed by atoms with van der Waals surface area (Å²) in [5.74, 6) is 2.80. The van der Waals surface area contributed by atoms with Crippen LogP contribution in [-0.4, -0.2) is 48.9 Å². The first kappa shape index (κ1) is 36.8. The lowest BCUT2D eigenvalue weighted by atomic mass is 10.2. The van der Waals surface area contributed by atoms with Gasteiger partial charge >= 0.3 is 28.5 Å². The van der Waals surface area contributed by atoms with Gasteiger partial charge < -0.3 is 19.2 Å². The summed E-state index contributed by atoms with van der Waals surface area (Å²) in [4.78, 5) is 76.7. The molecule has 216 valence electrons. The fraction of sp³-hybridized carbons (Fsp3) is 0.350. The summed E-state index contributed by atoms with van der Waals surface area (Å²) in [6.45, 7) is 4.67. The summed E-state index contributed by atoms with van der Waals surface area (Å²) in [6, 6.07) is 1.75. The highest BCUT2D eigenvalue weighted by atomic mass is 35.5. The second-order valence-electron chi connectivity index (χ2n) is 8.32. The molecule has 2 aromatic heterocycles. The zero-order chi connectivity index (χ0) is 28.7. The molecule has 0 radical (unpaired) electrons. The van der Waals surface area contributed by atoms with Gasteiger partial charge in [0.2, 0.25) is 0 Å². The molecule has 0 aliphatic heterocycles. The number of nitrogens with two attached hydrogens (primary N) is 1. The van der Waals surface area contributed by atoms with E-state index in [9.17, 15) is 44.2 Å². The van der Waals surface area contributed by atoms with Gasteiger partial charge in [0.05, 0.1) is 21.0 Å². The Morgan fingerprint density at radius 2 is 1.28 bits per heavy atom. The number of aromatic nitrogens is 2. The van der Waals surface area contributed by atoms with Gasteiger partial charge in [0.25, 0.3) is 11.8 Å². The standard InChI is InChI=1S/C13H17N3O6.C7H8N4O4.2ClH/c1-13(2,3)22-10(17)6-14-11(18)8-5-9(16(20)21)12(19)15(4)7-8;1-10-3-4(6(12)9-8)2-5(7(10)13)11(14)15;;/h5,7H,6H2,1-4H3,(H,14,18);2-3H,8H2,1H3,(H,9,12);2*1H. The number of halogens is 2. The van der Waals surface area contributed by atoms with E-state index in [4.69, 9.17) is 10.6 Å². The quantitative estimate of drug-likeness (QED) is 0.133. The van der Waals surface area contributed by atoms with Gasteiger partial charge in [0, 0.05) is 38.6 Å². The van der Waals surface area contributed by atoms with Crippen molar-refractivity contribution in [3.63, 3.8) is 0 Å². The highest BCUT2D eigenvalue weighted by Gasteiger charge is 2.21. The van der Waals surface area contributed by atoms with Crippen LogP contribution in [0.2, 0.25) is 0 Å². The number of amides is 2. The number of nitrogens with zero attached hydrogens (tertiary/aromatic N) is 4. The second kappa shape index (κ2) is 15.2. The number of carbonyl (C=O) groups excluding carboxylic acids is 3. The Morgan fingerprint density at radius 3 is 1.62 bits per heavy atom. The third kappa shape index (κ3) is 10.9. The molecule has 39 heavy (non-hydrogen) atoms. The summed E-state index contributed by atoms with van der Waals surface area (Å²) in [5.41, 5.74) is -2.01. The first-order chi connectivity index (χ1) is 17.0. The minimum atomic E-state index is -0.868. The molecule has 0 aliphatic rings. The van der Waals surface area contributed by atoms with E-state index in [0.717, 1.165) is 33.7 Å². The zero-order valence-corrected chi connectivity index (χ0v) is 22.9. The molecule has 17 nitrogen and oxygen atoms in total. The van der Waals surface area contributed by atoms with E-state index < -0.39 is 55.7 Å². The van der Waals surface area contributed by atoms with Crippen LogP contribution in [0.3, 0.4) is 0 Å². The van der Waals surface area contributed by atoms with Crippen molar-refractivity contribution >= 4 is 54.0 Å². The van der Waals surface area contributed by atoms with Gasteiger partial charge in [0.15, 0.2) is 0 Å². The Morgan fingerprint density at radius 1 is 0.897 bits per heavy atom. The number of nitrogen functional groups attached to an aromatic ring is 1. The highest BCUT2D eigenvalue weighted by Crippen LogP contribution is 2.09. The van der Waals surface area contributed by atoms with Gasteiger partial charge in [-0.05, 0) is 20.8 Å². The number of aryl methyl sites for hydroxylation is 2. The molecule has 0 bridgehead atoms. The molecule has 0 unspecified atom stereocenters. The number of rotatable bonds is 6. The van der Waals surface area contributed by atoms with E-state index >= 15 is 0 Å². The minimum Gasteiger partial charge on any atom is -0.459 e. The van der Waals surface area contributed by atoms with Crippen LogP contribution in [-0.2, 0) is 23.6 Å². The molecule has 4 N–H and O–H groups in total. The van der Waals surface area contributed by atoms with Crippen LogP contribution in [0, 0.1) is 20.2 Å². The van der Waals surface area contributed by atoms with Gasteiger partial charge in [0.1, 0.15) is 12.1 Å². The summed E-state index contributed by atoms with van der Waals surface area (Å²) in [7, 11) is 2.60. The summed E-state index contributed by atoms with van der Waals surface area (Å²) in [6.07, 6.45) is 2.32. The predicted octanol–water partition coefficient (Wildman–Crippen LogP) is 0.106. The van der Waals surface area contributed by atoms with Crippen LogP contribution < -0.4 is 27.7 Å². The molecule has 19 heteroatoms. The molecule has 0 saturated heterocycles. The Kier molecular flexibility index (Phi) is 14.3. The molecule has 2 heterocycles. The number of hydrazine groups is 1. The van der Waals surface area contributed by atoms with Gasteiger partial charge in [-0.3, -0.25) is 49.6 Å². The number of hydrogen-bond acceptors (Lipinski definition) is 11. The predicted molar refractivity (Wildman–Crippen MR) is 141 cm³/mol.